The lowest BCUT2D eigenvalue weighted by Gasteiger charge is -2.09. The second-order valence-electron chi connectivity index (χ2n) is 4.82. The van der Waals surface area contributed by atoms with E-state index >= 15 is 0 Å². The van der Waals surface area contributed by atoms with E-state index < -0.39 is 4.92 Å². The highest BCUT2D eigenvalue weighted by Crippen LogP contribution is 2.26. The maximum absolute atomic E-state index is 10.9. The Kier molecular flexibility index (Phi) is 4.47. The van der Waals surface area contributed by atoms with Crippen LogP contribution >= 0.6 is 0 Å². The van der Waals surface area contributed by atoms with Gasteiger partial charge in [-0.1, -0.05) is 19.4 Å². The van der Waals surface area contributed by atoms with Gasteiger partial charge in [-0.25, -0.2) is 9.97 Å². The van der Waals surface area contributed by atoms with E-state index in [4.69, 9.17) is 0 Å². The van der Waals surface area contributed by atoms with E-state index in [-0.39, 0.29) is 5.69 Å². The largest absolute Gasteiger partial charge is 0.373 e. The molecule has 1 heterocycles. The molecule has 0 aliphatic heterocycles. The molecule has 2 aromatic rings. The Morgan fingerprint density at radius 2 is 2.05 bits per heavy atom. The molecule has 0 fully saturated rings. The first kappa shape index (κ1) is 14.9. The number of benzene rings is 1. The first-order valence-corrected chi connectivity index (χ1v) is 6.86. The van der Waals surface area contributed by atoms with Gasteiger partial charge in [0.25, 0.3) is 5.69 Å². The number of hydrogen-bond acceptors (Lipinski definition) is 5. The van der Waals surface area contributed by atoms with Crippen LogP contribution < -0.4 is 5.32 Å². The van der Waals surface area contributed by atoms with Crippen LogP contribution in [0.3, 0.4) is 0 Å². The molecular weight excluding hydrogens is 268 g/mol. The number of nitro benzene ring substituents is 1. The van der Waals surface area contributed by atoms with Crippen molar-refractivity contribution in [3.63, 3.8) is 0 Å². The van der Waals surface area contributed by atoms with E-state index in [1.54, 1.807) is 13.1 Å². The predicted molar refractivity (Wildman–Crippen MR) is 82.4 cm³/mol. The van der Waals surface area contributed by atoms with Gasteiger partial charge in [-0.2, -0.15) is 0 Å². The molecule has 0 amide bonds. The molecule has 0 aliphatic carbocycles. The van der Waals surface area contributed by atoms with Crippen LogP contribution in [0, 0.1) is 17.0 Å². The molecule has 6 nitrogen and oxygen atoms in total. The van der Waals surface area contributed by atoms with Crippen molar-refractivity contribution < 1.29 is 4.92 Å². The molecule has 21 heavy (non-hydrogen) atoms. The number of rotatable bonds is 5. The van der Waals surface area contributed by atoms with Gasteiger partial charge in [0.1, 0.15) is 5.82 Å². The smallest absolute Gasteiger partial charge is 0.270 e. The molecule has 0 radical (unpaired) electrons. The van der Waals surface area contributed by atoms with Crippen molar-refractivity contribution in [3.8, 4) is 11.4 Å². The summed E-state index contributed by atoms with van der Waals surface area (Å²) in [6, 6.07) is 6.65. The third-order valence-electron chi connectivity index (χ3n) is 3.21. The van der Waals surface area contributed by atoms with Crippen molar-refractivity contribution in [2.24, 2.45) is 0 Å². The number of non-ortho nitro benzene ring substituents is 1. The molecule has 0 saturated carbocycles. The van der Waals surface area contributed by atoms with Crippen molar-refractivity contribution in [1.82, 2.24) is 9.97 Å². The number of aromatic nitrogens is 2. The van der Waals surface area contributed by atoms with E-state index in [2.05, 4.69) is 22.2 Å². The summed E-state index contributed by atoms with van der Waals surface area (Å²) in [4.78, 5) is 19.5. The zero-order valence-electron chi connectivity index (χ0n) is 12.4. The minimum atomic E-state index is -0.405. The average molecular weight is 286 g/mol. The highest BCUT2D eigenvalue weighted by Gasteiger charge is 2.13. The Hall–Kier alpha value is -2.50. The van der Waals surface area contributed by atoms with Gasteiger partial charge in [0, 0.05) is 36.5 Å². The first-order valence-electron chi connectivity index (χ1n) is 6.86. The van der Waals surface area contributed by atoms with Crippen LogP contribution in [-0.4, -0.2) is 21.9 Å². The minimum absolute atomic E-state index is 0.0473. The van der Waals surface area contributed by atoms with Gasteiger partial charge in [0.15, 0.2) is 5.82 Å². The molecule has 1 aromatic heterocycles. The van der Waals surface area contributed by atoms with E-state index in [1.165, 1.54) is 12.1 Å². The molecule has 0 aliphatic rings. The normalized spacial score (nSPS) is 10.4. The SMILES string of the molecule is CCCc1cc(NC)nc(-c2cc([N+](=O)[O-])ccc2C)n1. The molecule has 2 rings (SSSR count). The van der Waals surface area contributed by atoms with Crippen molar-refractivity contribution in [1.29, 1.82) is 0 Å². The van der Waals surface area contributed by atoms with Crippen LogP contribution in [0.2, 0.25) is 0 Å². The number of nitro groups is 1. The molecule has 0 spiro atoms. The summed E-state index contributed by atoms with van der Waals surface area (Å²) >= 11 is 0. The molecule has 0 atom stereocenters. The van der Waals surface area contributed by atoms with Crippen LogP contribution in [-0.2, 0) is 6.42 Å². The third kappa shape index (κ3) is 3.34. The summed E-state index contributed by atoms with van der Waals surface area (Å²) < 4.78 is 0. The number of nitrogens with zero attached hydrogens (tertiary/aromatic N) is 3. The molecule has 0 unspecified atom stereocenters. The van der Waals surface area contributed by atoms with Crippen molar-refractivity contribution in [2.75, 3.05) is 12.4 Å². The highest BCUT2D eigenvalue weighted by molar-refractivity contribution is 5.65. The molecular formula is C15H18N4O2. The lowest BCUT2D eigenvalue weighted by Crippen LogP contribution is -2.02. The lowest BCUT2D eigenvalue weighted by atomic mass is 10.1. The summed E-state index contributed by atoms with van der Waals surface area (Å²) in [5, 5.41) is 13.9. The fraction of sp³-hybridized carbons (Fsp3) is 0.333. The summed E-state index contributed by atoms with van der Waals surface area (Å²) in [6.07, 6.45) is 1.83. The summed E-state index contributed by atoms with van der Waals surface area (Å²) in [5.41, 5.74) is 2.58. The fourth-order valence-electron chi connectivity index (χ4n) is 2.09. The molecule has 1 N–H and O–H groups in total. The predicted octanol–water partition coefficient (Wildman–Crippen LogP) is 3.35. The number of nitrogens with one attached hydrogen (secondary N) is 1. The van der Waals surface area contributed by atoms with Gasteiger partial charge < -0.3 is 5.32 Å². The fourth-order valence-corrected chi connectivity index (χ4v) is 2.09. The van der Waals surface area contributed by atoms with Crippen molar-refractivity contribution >= 4 is 11.5 Å². The quantitative estimate of drug-likeness (QED) is 0.673. The maximum Gasteiger partial charge on any atom is 0.270 e. The zero-order chi connectivity index (χ0) is 15.4. The zero-order valence-corrected chi connectivity index (χ0v) is 12.4. The van der Waals surface area contributed by atoms with Gasteiger partial charge >= 0.3 is 0 Å². The second-order valence-corrected chi connectivity index (χ2v) is 4.82. The van der Waals surface area contributed by atoms with Crippen molar-refractivity contribution in [3.05, 3.63) is 45.6 Å². The molecule has 0 saturated heterocycles. The lowest BCUT2D eigenvalue weighted by molar-refractivity contribution is -0.384. The summed E-state index contributed by atoms with van der Waals surface area (Å²) in [6.45, 7) is 3.98. The summed E-state index contributed by atoms with van der Waals surface area (Å²) in [7, 11) is 1.79. The van der Waals surface area contributed by atoms with Crippen LogP contribution in [0.1, 0.15) is 24.6 Å². The van der Waals surface area contributed by atoms with Gasteiger partial charge in [-0.05, 0) is 18.9 Å². The highest BCUT2D eigenvalue weighted by atomic mass is 16.6. The average Bonchev–Trinajstić information content (AvgIpc) is 2.47. The van der Waals surface area contributed by atoms with Crippen LogP contribution in [0.25, 0.3) is 11.4 Å². The van der Waals surface area contributed by atoms with Crippen LogP contribution in [0.15, 0.2) is 24.3 Å². The minimum Gasteiger partial charge on any atom is -0.373 e. The Balaban J connectivity index is 2.57. The van der Waals surface area contributed by atoms with E-state index in [9.17, 15) is 10.1 Å². The van der Waals surface area contributed by atoms with E-state index in [1.807, 2.05) is 13.0 Å². The van der Waals surface area contributed by atoms with Crippen molar-refractivity contribution in [2.45, 2.75) is 26.7 Å². The Morgan fingerprint density at radius 1 is 1.29 bits per heavy atom. The van der Waals surface area contributed by atoms with E-state index in [0.29, 0.717) is 17.2 Å². The Morgan fingerprint density at radius 3 is 2.67 bits per heavy atom. The monoisotopic (exact) mass is 286 g/mol. The Labute approximate surface area is 123 Å². The van der Waals surface area contributed by atoms with Gasteiger partial charge in [-0.3, -0.25) is 10.1 Å². The topological polar surface area (TPSA) is 81.0 Å². The molecule has 0 bridgehead atoms. The second kappa shape index (κ2) is 6.30. The van der Waals surface area contributed by atoms with E-state index in [0.717, 1.165) is 24.1 Å². The van der Waals surface area contributed by atoms with Gasteiger partial charge in [-0.15, -0.1) is 0 Å². The van der Waals surface area contributed by atoms with Crippen LogP contribution in [0.4, 0.5) is 11.5 Å². The third-order valence-corrected chi connectivity index (χ3v) is 3.21. The molecule has 6 heteroatoms. The maximum atomic E-state index is 10.9. The van der Waals surface area contributed by atoms with Gasteiger partial charge in [0.2, 0.25) is 0 Å². The Bertz CT molecular complexity index is 671. The molecule has 110 valence electrons. The van der Waals surface area contributed by atoms with Gasteiger partial charge in [0.05, 0.1) is 4.92 Å². The summed E-state index contributed by atoms with van der Waals surface area (Å²) in [5.74, 6) is 1.24. The van der Waals surface area contributed by atoms with Crippen LogP contribution in [0.5, 0.6) is 0 Å². The standard InChI is InChI=1S/C15H18N4O2/c1-4-5-11-8-14(16-3)18-15(17-11)13-9-12(19(20)21)7-6-10(13)2/h6-9H,4-5H2,1-3H3,(H,16,17,18). The number of hydrogen-bond donors (Lipinski definition) is 1. The molecule has 1 aromatic carbocycles. The first-order chi connectivity index (χ1) is 10.0. The number of anilines is 1. The number of aryl methyl sites for hydroxylation is 2.